The van der Waals surface area contributed by atoms with Crippen molar-refractivity contribution in [3.05, 3.63) is 12.1 Å². The van der Waals surface area contributed by atoms with Gasteiger partial charge in [-0.2, -0.15) is 0 Å². The van der Waals surface area contributed by atoms with Crippen molar-refractivity contribution in [3.63, 3.8) is 0 Å². The highest BCUT2D eigenvalue weighted by molar-refractivity contribution is 6.64. The molecule has 1 aromatic rings. The highest BCUT2D eigenvalue weighted by atomic mass is 35.5. The lowest BCUT2D eigenvalue weighted by molar-refractivity contribution is -0.115. The Balaban J connectivity index is 2.80. The van der Waals surface area contributed by atoms with Crippen molar-refractivity contribution >= 4 is 33.7 Å². The molecule has 0 saturated heterocycles. The van der Waals surface area contributed by atoms with Gasteiger partial charge in [-0.25, -0.2) is 0 Å². The largest absolute Gasteiger partial charge is 0.494 e. The summed E-state index contributed by atoms with van der Waals surface area (Å²) in [4.78, 5) is 21.8. The second kappa shape index (κ2) is 5.93. The summed E-state index contributed by atoms with van der Waals surface area (Å²) >= 11 is 10.6. The number of aromatic hydroxyl groups is 2. The van der Waals surface area contributed by atoms with Gasteiger partial charge >= 0.3 is 0 Å². The molecule has 17 heavy (non-hydrogen) atoms. The van der Waals surface area contributed by atoms with E-state index in [-0.39, 0.29) is 24.6 Å². The van der Waals surface area contributed by atoms with Gasteiger partial charge in [0.05, 0.1) is 0 Å². The van der Waals surface area contributed by atoms with Crippen LogP contribution in [0.2, 0.25) is 0 Å². The Bertz CT molecular complexity index is 410. The predicted octanol–water partition coefficient (Wildman–Crippen LogP) is 2.14. The smallest absolute Gasteiger partial charge is 0.244 e. The summed E-state index contributed by atoms with van der Waals surface area (Å²) in [6.07, 6.45) is 0.643. The monoisotopic (exact) mass is 279 g/mol. The number of carbonyl (C=O) groups is 2. The van der Waals surface area contributed by atoms with E-state index in [1.54, 1.807) is 0 Å². The summed E-state index contributed by atoms with van der Waals surface area (Å²) in [5, 5.41) is 17.7. The fourth-order valence-corrected chi connectivity index (χ4v) is 1.87. The predicted molar refractivity (Wildman–Crippen MR) is 62.4 cm³/mol. The third-order valence-electron chi connectivity index (χ3n) is 2.30. The normalized spacial score (nSPS) is 12.4. The van der Waals surface area contributed by atoms with Crippen LogP contribution >= 0.6 is 23.2 Å². The molecule has 0 amide bonds. The van der Waals surface area contributed by atoms with E-state index < -0.39 is 16.5 Å². The number of hydrogen-bond acceptors (Lipinski definition) is 4. The maximum Gasteiger partial charge on any atom is 0.244 e. The van der Waals surface area contributed by atoms with Gasteiger partial charge in [-0.3, -0.25) is 14.2 Å². The Morgan fingerprint density at radius 1 is 1.24 bits per heavy atom. The van der Waals surface area contributed by atoms with Crippen molar-refractivity contribution in [2.45, 2.75) is 25.3 Å². The van der Waals surface area contributed by atoms with Crippen molar-refractivity contribution < 1.29 is 19.8 Å². The van der Waals surface area contributed by atoms with Gasteiger partial charge in [-0.15, -0.1) is 0 Å². The van der Waals surface area contributed by atoms with Crippen molar-refractivity contribution in [1.82, 2.24) is 4.57 Å². The van der Waals surface area contributed by atoms with Crippen LogP contribution in [0.3, 0.4) is 0 Å². The molecular formula is C10H11Cl2NO4. The fraction of sp³-hybridized carbons (Fsp3) is 0.400. The molecule has 7 heteroatoms. The Kier molecular flexibility index (Phi) is 4.84. The summed E-state index contributed by atoms with van der Waals surface area (Å²) in [6.45, 7) is 0. The molecule has 1 unspecified atom stereocenters. The van der Waals surface area contributed by atoms with E-state index in [0.29, 0.717) is 6.42 Å². The summed E-state index contributed by atoms with van der Waals surface area (Å²) < 4.78 is 1.01. The first-order chi connectivity index (χ1) is 7.93. The SMILES string of the molecule is O=C(Cl)CCCC(C(=O)Cl)n1c(O)ccc1O. The summed E-state index contributed by atoms with van der Waals surface area (Å²) in [5.41, 5.74) is 0. The summed E-state index contributed by atoms with van der Waals surface area (Å²) in [5.74, 6) is -0.530. The maximum absolute atomic E-state index is 11.2. The molecule has 0 spiro atoms. The number of hydrogen-bond donors (Lipinski definition) is 2. The minimum absolute atomic E-state index is 0.102. The first-order valence-electron chi connectivity index (χ1n) is 4.90. The molecular weight excluding hydrogens is 269 g/mol. The number of rotatable bonds is 6. The quantitative estimate of drug-likeness (QED) is 0.782. The van der Waals surface area contributed by atoms with Gasteiger partial charge in [-0.05, 0) is 36.0 Å². The van der Waals surface area contributed by atoms with E-state index in [1.165, 1.54) is 12.1 Å². The zero-order valence-electron chi connectivity index (χ0n) is 8.77. The Labute approximate surface area is 108 Å². The van der Waals surface area contributed by atoms with Crippen LogP contribution in [0.25, 0.3) is 0 Å². The van der Waals surface area contributed by atoms with Crippen LogP contribution in [0.15, 0.2) is 12.1 Å². The maximum atomic E-state index is 11.2. The second-order valence-electron chi connectivity index (χ2n) is 3.49. The van der Waals surface area contributed by atoms with Crippen molar-refractivity contribution in [1.29, 1.82) is 0 Å². The van der Waals surface area contributed by atoms with Crippen LogP contribution in [0, 0.1) is 0 Å². The van der Waals surface area contributed by atoms with Gasteiger partial charge in [0.2, 0.25) is 10.5 Å². The lowest BCUT2D eigenvalue weighted by atomic mass is 10.1. The third-order valence-corrected chi connectivity index (χ3v) is 2.74. The highest BCUT2D eigenvalue weighted by Gasteiger charge is 2.23. The van der Waals surface area contributed by atoms with Gasteiger partial charge in [-0.1, -0.05) is 0 Å². The molecule has 1 aromatic heterocycles. The van der Waals surface area contributed by atoms with Gasteiger partial charge in [0, 0.05) is 18.6 Å². The van der Waals surface area contributed by atoms with Crippen LogP contribution in [-0.4, -0.2) is 25.3 Å². The van der Waals surface area contributed by atoms with Gasteiger partial charge in [0.1, 0.15) is 6.04 Å². The van der Waals surface area contributed by atoms with E-state index in [1.807, 2.05) is 0 Å². The van der Waals surface area contributed by atoms with Crippen LogP contribution in [-0.2, 0) is 9.59 Å². The van der Waals surface area contributed by atoms with Crippen molar-refractivity contribution in [3.8, 4) is 11.8 Å². The van der Waals surface area contributed by atoms with Gasteiger partial charge in [0.15, 0.2) is 11.8 Å². The van der Waals surface area contributed by atoms with Gasteiger partial charge in [0.25, 0.3) is 0 Å². The molecule has 0 radical (unpaired) electrons. The fourth-order valence-electron chi connectivity index (χ4n) is 1.52. The average molecular weight is 280 g/mol. The van der Waals surface area contributed by atoms with E-state index in [0.717, 1.165) is 4.57 Å². The zero-order chi connectivity index (χ0) is 13.0. The Morgan fingerprint density at radius 3 is 2.18 bits per heavy atom. The molecule has 0 bridgehead atoms. The molecule has 1 rings (SSSR count). The first kappa shape index (κ1) is 13.9. The van der Waals surface area contributed by atoms with Crippen LogP contribution in [0.1, 0.15) is 25.3 Å². The average Bonchev–Trinajstić information content (AvgIpc) is 2.54. The molecule has 0 saturated carbocycles. The molecule has 0 aromatic carbocycles. The van der Waals surface area contributed by atoms with Crippen LogP contribution in [0.5, 0.6) is 11.8 Å². The molecule has 2 N–H and O–H groups in total. The third kappa shape index (κ3) is 3.64. The Morgan fingerprint density at radius 2 is 1.76 bits per heavy atom. The minimum Gasteiger partial charge on any atom is -0.494 e. The first-order valence-corrected chi connectivity index (χ1v) is 5.66. The standard InChI is InChI=1S/C10H11Cl2NO4/c11-7(14)3-1-2-6(10(12)17)13-8(15)4-5-9(13)16/h4-6,15-16H,1-3H2. The highest BCUT2D eigenvalue weighted by Crippen LogP contribution is 2.30. The molecule has 0 aliphatic heterocycles. The lowest BCUT2D eigenvalue weighted by Crippen LogP contribution is -2.15. The topological polar surface area (TPSA) is 79.5 Å². The number of carbonyl (C=O) groups excluding carboxylic acids is 2. The molecule has 5 nitrogen and oxygen atoms in total. The number of aromatic nitrogens is 1. The lowest BCUT2D eigenvalue weighted by Gasteiger charge is -2.16. The van der Waals surface area contributed by atoms with Crippen LogP contribution in [0.4, 0.5) is 0 Å². The van der Waals surface area contributed by atoms with E-state index in [4.69, 9.17) is 23.2 Å². The zero-order valence-corrected chi connectivity index (χ0v) is 10.3. The summed E-state index contributed by atoms with van der Waals surface area (Å²) in [6, 6.07) is 1.58. The van der Waals surface area contributed by atoms with Crippen molar-refractivity contribution in [2.24, 2.45) is 0 Å². The number of nitrogens with zero attached hydrogens (tertiary/aromatic N) is 1. The molecule has 1 atom stereocenters. The molecule has 0 aliphatic rings. The van der Waals surface area contributed by atoms with Gasteiger partial charge < -0.3 is 10.2 Å². The molecule has 0 fully saturated rings. The summed E-state index contributed by atoms with van der Waals surface area (Å²) in [7, 11) is 0. The van der Waals surface area contributed by atoms with E-state index >= 15 is 0 Å². The van der Waals surface area contributed by atoms with E-state index in [2.05, 4.69) is 0 Å². The van der Waals surface area contributed by atoms with Crippen molar-refractivity contribution in [2.75, 3.05) is 0 Å². The Hall–Kier alpha value is -1.20. The second-order valence-corrected chi connectivity index (χ2v) is 4.28. The minimum atomic E-state index is -0.914. The molecule has 94 valence electrons. The molecule has 0 aliphatic carbocycles. The molecule has 1 heterocycles. The van der Waals surface area contributed by atoms with E-state index in [9.17, 15) is 19.8 Å². The van der Waals surface area contributed by atoms with Crippen LogP contribution < -0.4 is 0 Å². The number of halogens is 2.